The van der Waals surface area contributed by atoms with Crippen LogP contribution in [0.4, 0.5) is 0 Å². The first-order valence-corrected chi connectivity index (χ1v) is 4.96. The normalized spacial score (nSPS) is 12.7. The maximum absolute atomic E-state index is 9.96. The van der Waals surface area contributed by atoms with E-state index in [1.807, 2.05) is 48.1 Å². The molecule has 2 aromatic rings. The Balaban J connectivity index is 2.11. The van der Waals surface area contributed by atoms with Gasteiger partial charge in [-0.15, -0.1) is 0 Å². The van der Waals surface area contributed by atoms with Gasteiger partial charge < -0.3 is 9.67 Å². The summed E-state index contributed by atoms with van der Waals surface area (Å²) in [5, 5.41) is 9.96. The molecule has 0 aliphatic heterocycles. The average molecular weight is 202 g/mol. The number of nitrogens with zero attached hydrogens (tertiary/aromatic N) is 2. The molecule has 0 saturated heterocycles. The highest BCUT2D eigenvalue weighted by atomic mass is 16.3. The summed E-state index contributed by atoms with van der Waals surface area (Å²) in [6.07, 6.45) is 3.60. The highest BCUT2D eigenvalue weighted by molar-refractivity contribution is 5.16. The lowest BCUT2D eigenvalue weighted by molar-refractivity contribution is 0.165. The fourth-order valence-electron chi connectivity index (χ4n) is 1.63. The van der Waals surface area contributed by atoms with Crippen molar-refractivity contribution >= 4 is 0 Å². The van der Waals surface area contributed by atoms with Gasteiger partial charge in [0.2, 0.25) is 0 Å². The minimum atomic E-state index is -0.535. The number of benzene rings is 1. The predicted molar refractivity (Wildman–Crippen MR) is 58.3 cm³/mol. The lowest BCUT2D eigenvalue weighted by Gasteiger charge is -2.10. The van der Waals surface area contributed by atoms with Crippen LogP contribution in [0.5, 0.6) is 0 Å². The molecule has 0 bridgehead atoms. The summed E-state index contributed by atoms with van der Waals surface area (Å²) < 4.78 is 1.84. The Bertz CT molecular complexity index is 422. The Hall–Kier alpha value is -1.61. The number of aliphatic hydroxyl groups is 1. The molecule has 0 spiro atoms. The lowest BCUT2D eigenvalue weighted by atomic mass is 10.1. The zero-order valence-corrected chi connectivity index (χ0v) is 8.67. The van der Waals surface area contributed by atoms with Gasteiger partial charge >= 0.3 is 0 Å². The molecule has 0 aliphatic rings. The zero-order chi connectivity index (χ0) is 10.7. The molecule has 78 valence electrons. The van der Waals surface area contributed by atoms with E-state index in [0.717, 1.165) is 5.56 Å². The summed E-state index contributed by atoms with van der Waals surface area (Å²) in [6, 6.07) is 9.93. The van der Waals surface area contributed by atoms with Crippen molar-refractivity contribution in [2.45, 2.75) is 12.5 Å². The van der Waals surface area contributed by atoms with E-state index in [0.29, 0.717) is 12.2 Å². The third-order valence-corrected chi connectivity index (χ3v) is 2.43. The molecule has 1 atom stereocenters. The monoisotopic (exact) mass is 202 g/mol. The highest BCUT2D eigenvalue weighted by Gasteiger charge is 2.12. The molecule has 0 aliphatic carbocycles. The van der Waals surface area contributed by atoms with Gasteiger partial charge in [0.1, 0.15) is 11.9 Å². The quantitative estimate of drug-likeness (QED) is 0.822. The van der Waals surface area contributed by atoms with Crippen LogP contribution in [0.1, 0.15) is 17.5 Å². The second-order valence-electron chi connectivity index (χ2n) is 3.60. The first-order chi connectivity index (χ1) is 7.27. The number of aromatic nitrogens is 2. The fourth-order valence-corrected chi connectivity index (χ4v) is 1.63. The van der Waals surface area contributed by atoms with E-state index in [-0.39, 0.29) is 0 Å². The second kappa shape index (κ2) is 4.28. The Morgan fingerprint density at radius 2 is 2.07 bits per heavy atom. The molecule has 1 N–H and O–H groups in total. The van der Waals surface area contributed by atoms with Crippen LogP contribution in [0.15, 0.2) is 42.7 Å². The summed E-state index contributed by atoms with van der Waals surface area (Å²) in [4.78, 5) is 4.12. The number of aliphatic hydroxyl groups excluding tert-OH is 1. The Morgan fingerprint density at radius 1 is 1.33 bits per heavy atom. The first-order valence-electron chi connectivity index (χ1n) is 4.96. The number of hydrogen-bond acceptors (Lipinski definition) is 2. The molecule has 3 nitrogen and oxygen atoms in total. The molecule has 0 radical (unpaired) electrons. The van der Waals surface area contributed by atoms with Crippen LogP contribution < -0.4 is 0 Å². The van der Waals surface area contributed by atoms with Crippen molar-refractivity contribution in [1.82, 2.24) is 9.55 Å². The van der Waals surface area contributed by atoms with Crippen LogP contribution in [0.25, 0.3) is 0 Å². The van der Waals surface area contributed by atoms with Crippen molar-refractivity contribution in [3.8, 4) is 0 Å². The lowest BCUT2D eigenvalue weighted by Crippen LogP contribution is -2.08. The Morgan fingerprint density at radius 3 is 2.67 bits per heavy atom. The van der Waals surface area contributed by atoms with Gasteiger partial charge in [-0.1, -0.05) is 30.3 Å². The molecule has 1 unspecified atom stereocenters. The number of rotatable bonds is 3. The van der Waals surface area contributed by atoms with Gasteiger partial charge in [-0.25, -0.2) is 4.98 Å². The highest BCUT2D eigenvalue weighted by Crippen LogP contribution is 2.15. The second-order valence-corrected chi connectivity index (χ2v) is 3.60. The van der Waals surface area contributed by atoms with Crippen LogP contribution >= 0.6 is 0 Å². The number of aryl methyl sites for hydroxylation is 1. The average Bonchev–Trinajstić information content (AvgIpc) is 2.66. The summed E-state index contributed by atoms with van der Waals surface area (Å²) in [5.41, 5.74) is 1.12. The molecule has 1 heterocycles. The fraction of sp³-hybridized carbons (Fsp3) is 0.250. The van der Waals surface area contributed by atoms with E-state index in [2.05, 4.69) is 4.98 Å². The van der Waals surface area contributed by atoms with Crippen LogP contribution in [-0.4, -0.2) is 14.7 Å². The van der Waals surface area contributed by atoms with E-state index in [9.17, 15) is 5.11 Å². The van der Waals surface area contributed by atoms with Gasteiger partial charge in [0, 0.05) is 25.9 Å². The Labute approximate surface area is 89.0 Å². The van der Waals surface area contributed by atoms with Crippen molar-refractivity contribution in [3.63, 3.8) is 0 Å². The maximum atomic E-state index is 9.96. The molecular weight excluding hydrogens is 188 g/mol. The molecule has 15 heavy (non-hydrogen) atoms. The largest absolute Gasteiger partial charge is 0.385 e. The van der Waals surface area contributed by atoms with Gasteiger partial charge in [-0.2, -0.15) is 0 Å². The molecule has 0 saturated carbocycles. The van der Waals surface area contributed by atoms with Crippen molar-refractivity contribution < 1.29 is 5.11 Å². The van der Waals surface area contributed by atoms with Gasteiger partial charge in [0.05, 0.1) is 0 Å². The van der Waals surface area contributed by atoms with Crippen LogP contribution in [-0.2, 0) is 13.5 Å². The van der Waals surface area contributed by atoms with Gasteiger partial charge in [-0.05, 0) is 5.56 Å². The molecule has 0 amide bonds. The number of imidazole rings is 1. The molecule has 1 aromatic heterocycles. The van der Waals surface area contributed by atoms with Crippen LogP contribution in [0, 0.1) is 0 Å². The molecule has 3 heteroatoms. The predicted octanol–water partition coefficient (Wildman–Crippen LogP) is 1.70. The Kier molecular flexibility index (Phi) is 2.83. The minimum absolute atomic E-state index is 0.535. The van der Waals surface area contributed by atoms with E-state index >= 15 is 0 Å². The van der Waals surface area contributed by atoms with Gasteiger partial charge in [0.15, 0.2) is 0 Å². The maximum Gasteiger partial charge on any atom is 0.137 e. The van der Waals surface area contributed by atoms with E-state index in [1.165, 1.54) is 0 Å². The SMILES string of the molecule is Cn1ccnc1C(O)Cc1ccccc1. The standard InChI is InChI=1S/C12H14N2O/c1-14-8-7-13-12(14)11(15)9-10-5-3-2-4-6-10/h2-8,11,15H,9H2,1H3. The summed E-state index contributed by atoms with van der Waals surface area (Å²) in [5.74, 6) is 0.707. The van der Waals surface area contributed by atoms with Gasteiger partial charge in [0.25, 0.3) is 0 Å². The minimum Gasteiger partial charge on any atom is -0.385 e. The molecular formula is C12H14N2O. The zero-order valence-electron chi connectivity index (χ0n) is 8.67. The third kappa shape index (κ3) is 2.25. The molecule has 2 rings (SSSR count). The van der Waals surface area contributed by atoms with Crippen molar-refractivity contribution in [1.29, 1.82) is 0 Å². The third-order valence-electron chi connectivity index (χ3n) is 2.43. The van der Waals surface area contributed by atoms with E-state index in [4.69, 9.17) is 0 Å². The van der Waals surface area contributed by atoms with Crippen LogP contribution in [0.2, 0.25) is 0 Å². The van der Waals surface area contributed by atoms with E-state index in [1.54, 1.807) is 6.20 Å². The summed E-state index contributed by atoms with van der Waals surface area (Å²) in [6.45, 7) is 0. The topological polar surface area (TPSA) is 38.0 Å². The number of hydrogen-bond donors (Lipinski definition) is 1. The first kappa shape index (κ1) is 9.93. The molecule has 1 aromatic carbocycles. The molecule has 0 fully saturated rings. The van der Waals surface area contributed by atoms with Crippen molar-refractivity contribution in [2.24, 2.45) is 7.05 Å². The van der Waals surface area contributed by atoms with Gasteiger partial charge in [-0.3, -0.25) is 0 Å². The van der Waals surface area contributed by atoms with E-state index < -0.39 is 6.10 Å². The van der Waals surface area contributed by atoms with Crippen molar-refractivity contribution in [3.05, 3.63) is 54.1 Å². The smallest absolute Gasteiger partial charge is 0.137 e. The van der Waals surface area contributed by atoms with Crippen molar-refractivity contribution in [2.75, 3.05) is 0 Å². The summed E-state index contributed by atoms with van der Waals surface area (Å²) >= 11 is 0. The van der Waals surface area contributed by atoms with Crippen LogP contribution in [0.3, 0.4) is 0 Å². The summed E-state index contributed by atoms with van der Waals surface area (Å²) in [7, 11) is 1.89.